The molecule has 1 amide bonds. The van der Waals surface area contributed by atoms with Gasteiger partial charge in [-0.3, -0.25) is 4.79 Å². The van der Waals surface area contributed by atoms with E-state index in [2.05, 4.69) is 28.0 Å². The van der Waals surface area contributed by atoms with Crippen LogP contribution in [0.15, 0.2) is 41.1 Å². The van der Waals surface area contributed by atoms with Gasteiger partial charge in [0.1, 0.15) is 4.60 Å². The zero-order valence-corrected chi connectivity index (χ0v) is 17.0. The van der Waals surface area contributed by atoms with Gasteiger partial charge >= 0.3 is 0 Å². The van der Waals surface area contributed by atoms with E-state index in [0.717, 1.165) is 18.5 Å². The normalized spacial score (nSPS) is 18.8. The lowest BCUT2D eigenvalue weighted by Gasteiger charge is -2.28. The fraction of sp³-hybridized carbons (Fsp3) is 0.444. The Bertz CT molecular complexity index is 880. The molecule has 0 bridgehead atoms. The summed E-state index contributed by atoms with van der Waals surface area (Å²) in [5.74, 6) is 0.0277. The third-order valence-corrected chi connectivity index (χ3v) is 7.12. The molecule has 1 aliphatic heterocycles. The molecule has 1 aromatic heterocycles. The number of rotatable bonds is 6. The van der Waals surface area contributed by atoms with Crippen molar-refractivity contribution in [2.75, 3.05) is 18.1 Å². The molecule has 1 atom stereocenters. The topological polar surface area (TPSA) is 72.3 Å². The van der Waals surface area contributed by atoms with Crippen LogP contribution in [0.5, 0.6) is 0 Å². The smallest absolute Gasteiger partial charge is 0.258 e. The van der Waals surface area contributed by atoms with Crippen molar-refractivity contribution in [1.29, 1.82) is 0 Å². The number of amides is 1. The molecule has 6 nitrogen and oxygen atoms in total. The minimum Gasteiger partial charge on any atom is -0.334 e. The first kappa shape index (κ1) is 19.1. The summed E-state index contributed by atoms with van der Waals surface area (Å²) >= 11 is 3.49. The molecule has 1 fully saturated rings. The Hall–Kier alpha value is -1.67. The lowest BCUT2D eigenvalue weighted by atomic mass is 10.1. The summed E-state index contributed by atoms with van der Waals surface area (Å²) in [7, 11) is -3.06. The summed E-state index contributed by atoms with van der Waals surface area (Å²) in [5, 5.41) is 4.33. The monoisotopic (exact) mass is 439 g/mol. The Kier molecular flexibility index (Phi) is 5.82. The van der Waals surface area contributed by atoms with Crippen LogP contribution in [0.3, 0.4) is 0 Å². The molecule has 1 saturated heterocycles. The van der Waals surface area contributed by atoms with Crippen molar-refractivity contribution in [2.24, 2.45) is 0 Å². The number of carbonyl (C=O) groups is 1. The van der Waals surface area contributed by atoms with Crippen LogP contribution in [0.4, 0.5) is 0 Å². The molecule has 0 radical (unpaired) electrons. The van der Waals surface area contributed by atoms with Crippen LogP contribution < -0.4 is 0 Å². The quantitative estimate of drug-likeness (QED) is 0.692. The minimum atomic E-state index is -3.06. The molecule has 1 aromatic carbocycles. The first-order valence-electron chi connectivity index (χ1n) is 8.73. The highest BCUT2D eigenvalue weighted by Gasteiger charge is 2.35. The maximum atomic E-state index is 13.2. The minimum absolute atomic E-state index is 0.0485. The Labute approximate surface area is 162 Å². The highest BCUT2D eigenvalue weighted by molar-refractivity contribution is 9.10. The summed E-state index contributed by atoms with van der Waals surface area (Å²) in [5.41, 5.74) is 1.30. The molecule has 0 spiro atoms. The van der Waals surface area contributed by atoms with Crippen molar-refractivity contribution in [1.82, 2.24) is 14.7 Å². The van der Waals surface area contributed by atoms with Crippen LogP contribution in [0.25, 0.3) is 5.69 Å². The number of para-hydroxylation sites is 1. The summed E-state index contributed by atoms with van der Waals surface area (Å²) in [6.07, 6.45) is 3.82. The Morgan fingerprint density at radius 1 is 1.35 bits per heavy atom. The zero-order valence-electron chi connectivity index (χ0n) is 14.6. The van der Waals surface area contributed by atoms with E-state index in [1.807, 2.05) is 30.3 Å². The summed E-state index contributed by atoms with van der Waals surface area (Å²) < 4.78 is 26.0. The number of sulfone groups is 1. The highest BCUT2D eigenvalue weighted by Crippen LogP contribution is 2.25. The lowest BCUT2D eigenvalue weighted by Crippen LogP contribution is -2.41. The Morgan fingerprint density at radius 2 is 2.08 bits per heavy atom. The van der Waals surface area contributed by atoms with Crippen LogP contribution in [-0.2, 0) is 9.84 Å². The van der Waals surface area contributed by atoms with Crippen molar-refractivity contribution >= 4 is 31.7 Å². The third kappa shape index (κ3) is 4.01. The molecule has 3 rings (SSSR count). The van der Waals surface area contributed by atoms with E-state index in [0.29, 0.717) is 23.1 Å². The molecular formula is C18H22BrN3O3S. The van der Waals surface area contributed by atoms with Crippen molar-refractivity contribution < 1.29 is 13.2 Å². The van der Waals surface area contributed by atoms with Crippen LogP contribution in [0.1, 0.15) is 36.5 Å². The summed E-state index contributed by atoms with van der Waals surface area (Å²) in [4.78, 5) is 14.9. The van der Waals surface area contributed by atoms with Crippen molar-refractivity contribution in [3.8, 4) is 5.69 Å². The van der Waals surface area contributed by atoms with Crippen molar-refractivity contribution in [3.05, 3.63) is 46.7 Å². The van der Waals surface area contributed by atoms with Gasteiger partial charge in [-0.1, -0.05) is 31.5 Å². The predicted molar refractivity (Wildman–Crippen MR) is 104 cm³/mol. The van der Waals surface area contributed by atoms with Crippen LogP contribution in [0.2, 0.25) is 0 Å². The van der Waals surface area contributed by atoms with Crippen molar-refractivity contribution in [2.45, 2.75) is 32.2 Å². The highest BCUT2D eigenvalue weighted by atomic mass is 79.9. The van der Waals surface area contributed by atoms with Crippen molar-refractivity contribution in [3.63, 3.8) is 0 Å². The average molecular weight is 440 g/mol. The van der Waals surface area contributed by atoms with Gasteiger partial charge in [-0.05, 0) is 40.9 Å². The molecule has 0 N–H and O–H groups in total. The Morgan fingerprint density at radius 3 is 2.69 bits per heavy atom. The fourth-order valence-electron chi connectivity index (χ4n) is 3.18. The molecule has 1 aliphatic rings. The predicted octanol–water partition coefficient (Wildman–Crippen LogP) is 3.06. The number of halogens is 1. The van der Waals surface area contributed by atoms with Gasteiger partial charge in [0, 0.05) is 12.6 Å². The standard InChI is InChI=1S/C18H22BrN3O3S/c1-2-3-10-21(15-9-11-26(24,25)13-15)18(23)16-12-20-22(17(16)19)14-7-5-4-6-8-14/h4-8,12,15H,2-3,9-11,13H2,1H3. The van der Waals surface area contributed by atoms with Gasteiger partial charge in [0.2, 0.25) is 0 Å². The Balaban J connectivity index is 1.89. The molecule has 26 heavy (non-hydrogen) atoms. The first-order valence-corrected chi connectivity index (χ1v) is 11.3. The van der Waals surface area contributed by atoms with Crippen LogP contribution >= 0.6 is 15.9 Å². The number of aromatic nitrogens is 2. The van der Waals surface area contributed by atoms with E-state index in [-0.39, 0.29) is 23.5 Å². The van der Waals surface area contributed by atoms with Gasteiger partial charge in [-0.25, -0.2) is 13.1 Å². The van der Waals surface area contributed by atoms with Crippen LogP contribution in [-0.4, -0.2) is 53.1 Å². The van der Waals surface area contributed by atoms with Gasteiger partial charge < -0.3 is 4.90 Å². The van der Waals surface area contributed by atoms with Gasteiger partial charge in [-0.2, -0.15) is 5.10 Å². The van der Waals surface area contributed by atoms with Crippen LogP contribution in [0, 0.1) is 0 Å². The van der Waals surface area contributed by atoms with E-state index in [1.165, 1.54) is 0 Å². The molecule has 140 valence electrons. The first-order chi connectivity index (χ1) is 12.4. The van der Waals surface area contributed by atoms with E-state index < -0.39 is 9.84 Å². The number of carbonyl (C=O) groups excluding carboxylic acids is 1. The van der Waals surface area contributed by atoms with E-state index >= 15 is 0 Å². The number of hydrogen-bond acceptors (Lipinski definition) is 4. The lowest BCUT2D eigenvalue weighted by molar-refractivity contribution is 0.0693. The van der Waals surface area contributed by atoms with Gasteiger partial charge in [0.05, 0.1) is 29.0 Å². The molecule has 0 saturated carbocycles. The molecular weight excluding hydrogens is 418 g/mol. The second-order valence-electron chi connectivity index (χ2n) is 6.51. The third-order valence-electron chi connectivity index (χ3n) is 4.60. The van der Waals surface area contributed by atoms with Gasteiger partial charge in [0.25, 0.3) is 5.91 Å². The molecule has 1 unspecified atom stereocenters. The number of nitrogens with zero attached hydrogens (tertiary/aromatic N) is 3. The molecule has 2 heterocycles. The number of unbranched alkanes of at least 4 members (excludes halogenated alkanes) is 1. The van der Waals surface area contributed by atoms with Gasteiger partial charge in [0.15, 0.2) is 9.84 Å². The van der Waals surface area contributed by atoms with E-state index in [4.69, 9.17) is 0 Å². The largest absolute Gasteiger partial charge is 0.334 e. The number of hydrogen-bond donors (Lipinski definition) is 0. The van der Waals surface area contributed by atoms with E-state index in [9.17, 15) is 13.2 Å². The second-order valence-corrected chi connectivity index (χ2v) is 9.49. The zero-order chi connectivity index (χ0) is 18.7. The van der Waals surface area contributed by atoms with Gasteiger partial charge in [-0.15, -0.1) is 0 Å². The summed E-state index contributed by atoms with van der Waals surface area (Å²) in [6, 6.07) is 9.28. The summed E-state index contributed by atoms with van der Waals surface area (Å²) in [6.45, 7) is 2.61. The SMILES string of the molecule is CCCCN(C(=O)c1cnn(-c2ccccc2)c1Br)C1CCS(=O)(=O)C1. The molecule has 2 aromatic rings. The number of benzene rings is 1. The fourth-order valence-corrected chi connectivity index (χ4v) is 5.48. The maximum Gasteiger partial charge on any atom is 0.258 e. The second kappa shape index (κ2) is 7.92. The van der Waals surface area contributed by atoms with E-state index in [1.54, 1.807) is 15.8 Å². The molecule has 0 aliphatic carbocycles. The maximum absolute atomic E-state index is 13.2. The molecule has 8 heteroatoms. The average Bonchev–Trinajstić information content (AvgIpc) is 3.18.